The SMILES string of the molecule is Cc1ccc(C(C)C)c(OC(C)C(=O)NC2CCC(N)CC2)c1. The zero-order valence-electron chi connectivity index (χ0n) is 14.8. The number of ether oxygens (including phenoxy) is 1. The molecule has 128 valence electrons. The van der Waals surface area contributed by atoms with Gasteiger partial charge in [0.1, 0.15) is 5.75 Å². The predicted molar refractivity (Wildman–Crippen MR) is 93.7 cm³/mol. The van der Waals surface area contributed by atoms with Crippen LogP contribution in [0.25, 0.3) is 0 Å². The Bertz CT molecular complexity index is 534. The fourth-order valence-electron chi connectivity index (χ4n) is 3.05. The van der Waals surface area contributed by atoms with E-state index in [1.807, 2.05) is 19.9 Å². The van der Waals surface area contributed by atoms with Gasteiger partial charge < -0.3 is 15.8 Å². The number of carbonyl (C=O) groups is 1. The maximum absolute atomic E-state index is 12.4. The summed E-state index contributed by atoms with van der Waals surface area (Å²) in [5.41, 5.74) is 8.19. The van der Waals surface area contributed by atoms with E-state index in [9.17, 15) is 4.79 Å². The Kier molecular flexibility index (Phi) is 6.05. The van der Waals surface area contributed by atoms with Crippen LogP contribution in [0.5, 0.6) is 5.75 Å². The van der Waals surface area contributed by atoms with E-state index < -0.39 is 6.10 Å². The number of benzene rings is 1. The van der Waals surface area contributed by atoms with Crippen molar-refractivity contribution >= 4 is 5.91 Å². The summed E-state index contributed by atoms with van der Waals surface area (Å²) in [7, 11) is 0. The molecule has 1 aromatic carbocycles. The standard InChI is InChI=1S/C19H30N2O2/c1-12(2)17-10-5-13(3)11-18(17)23-14(4)19(22)21-16-8-6-15(20)7-9-16/h5,10-12,14-16H,6-9,20H2,1-4H3,(H,21,22). The average Bonchev–Trinajstić information content (AvgIpc) is 2.49. The highest BCUT2D eigenvalue weighted by Gasteiger charge is 2.23. The van der Waals surface area contributed by atoms with Gasteiger partial charge in [0, 0.05) is 12.1 Å². The smallest absolute Gasteiger partial charge is 0.260 e. The van der Waals surface area contributed by atoms with E-state index in [1.54, 1.807) is 0 Å². The summed E-state index contributed by atoms with van der Waals surface area (Å²) in [5.74, 6) is 1.13. The van der Waals surface area contributed by atoms with Crippen molar-refractivity contribution in [2.45, 2.75) is 77.5 Å². The lowest BCUT2D eigenvalue weighted by atomic mass is 9.92. The zero-order chi connectivity index (χ0) is 17.0. The lowest BCUT2D eigenvalue weighted by Crippen LogP contribution is -2.45. The van der Waals surface area contributed by atoms with Crippen LogP contribution in [0.4, 0.5) is 0 Å². The van der Waals surface area contributed by atoms with Gasteiger partial charge in [-0.05, 0) is 62.6 Å². The van der Waals surface area contributed by atoms with E-state index in [0.29, 0.717) is 5.92 Å². The molecule has 3 N–H and O–H groups in total. The van der Waals surface area contributed by atoms with Gasteiger partial charge in [0.2, 0.25) is 0 Å². The van der Waals surface area contributed by atoms with Crippen LogP contribution in [-0.2, 0) is 4.79 Å². The predicted octanol–water partition coefficient (Wildman–Crippen LogP) is 3.27. The van der Waals surface area contributed by atoms with Gasteiger partial charge in [-0.25, -0.2) is 0 Å². The monoisotopic (exact) mass is 318 g/mol. The van der Waals surface area contributed by atoms with Gasteiger partial charge in [0.25, 0.3) is 5.91 Å². The molecule has 1 aromatic rings. The molecule has 0 aliphatic heterocycles. The largest absolute Gasteiger partial charge is 0.481 e. The molecule has 1 amide bonds. The Labute approximate surface area is 139 Å². The maximum atomic E-state index is 12.4. The third kappa shape index (κ3) is 4.96. The molecule has 1 aliphatic rings. The van der Waals surface area contributed by atoms with Crippen molar-refractivity contribution < 1.29 is 9.53 Å². The fourth-order valence-corrected chi connectivity index (χ4v) is 3.05. The first-order valence-corrected chi connectivity index (χ1v) is 8.70. The van der Waals surface area contributed by atoms with Gasteiger partial charge in [0.15, 0.2) is 6.10 Å². The van der Waals surface area contributed by atoms with Crippen molar-refractivity contribution in [3.63, 3.8) is 0 Å². The van der Waals surface area contributed by atoms with Crippen LogP contribution in [0.3, 0.4) is 0 Å². The molecule has 0 saturated heterocycles. The first kappa shape index (κ1) is 17.8. The first-order valence-electron chi connectivity index (χ1n) is 8.70. The van der Waals surface area contributed by atoms with Gasteiger partial charge in [-0.1, -0.05) is 26.0 Å². The van der Waals surface area contributed by atoms with Crippen molar-refractivity contribution in [2.24, 2.45) is 5.73 Å². The number of hydrogen-bond donors (Lipinski definition) is 2. The second-order valence-corrected chi connectivity index (χ2v) is 7.08. The normalized spacial score (nSPS) is 22.7. The fraction of sp³-hybridized carbons (Fsp3) is 0.632. The van der Waals surface area contributed by atoms with E-state index in [0.717, 1.165) is 42.6 Å². The summed E-state index contributed by atoms with van der Waals surface area (Å²) in [6, 6.07) is 6.70. The van der Waals surface area contributed by atoms with Crippen molar-refractivity contribution in [3.8, 4) is 5.75 Å². The van der Waals surface area contributed by atoms with E-state index in [-0.39, 0.29) is 18.0 Å². The summed E-state index contributed by atoms with van der Waals surface area (Å²) < 4.78 is 5.98. The summed E-state index contributed by atoms with van der Waals surface area (Å²) in [6.07, 6.45) is 3.39. The van der Waals surface area contributed by atoms with E-state index in [2.05, 4.69) is 31.3 Å². The molecule has 1 atom stereocenters. The van der Waals surface area contributed by atoms with Gasteiger partial charge in [-0.3, -0.25) is 4.79 Å². The lowest BCUT2D eigenvalue weighted by molar-refractivity contribution is -0.128. The molecule has 4 nitrogen and oxygen atoms in total. The molecule has 23 heavy (non-hydrogen) atoms. The van der Waals surface area contributed by atoms with Crippen LogP contribution in [0.2, 0.25) is 0 Å². The number of amides is 1. The molecule has 0 radical (unpaired) electrons. The molecule has 4 heteroatoms. The minimum Gasteiger partial charge on any atom is -0.481 e. The summed E-state index contributed by atoms with van der Waals surface area (Å²) in [4.78, 5) is 12.4. The quantitative estimate of drug-likeness (QED) is 0.876. The molecule has 0 bridgehead atoms. The van der Waals surface area contributed by atoms with Gasteiger partial charge >= 0.3 is 0 Å². The van der Waals surface area contributed by atoms with Crippen LogP contribution in [-0.4, -0.2) is 24.1 Å². The number of rotatable bonds is 5. The molecular formula is C19H30N2O2. The number of hydrogen-bond acceptors (Lipinski definition) is 3. The molecule has 0 spiro atoms. The highest BCUT2D eigenvalue weighted by molar-refractivity contribution is 5.81. The summed E-state index contributed by atoms with van der Waals surface area (Å²) >= 11 is 0. The topological polar surface area (TPSA) is 64.3 Å². The average molecular weight is 318 g/mol. The first-order chi connectivity index (χ1) is 10.9. The van der Waals surface area contributed by atoms with Crippen molar-refractivity contribution in [2.75, 3.05) is 0 Å². The van der Waals surface area contributed by atoms with Crippen LogP contribution in [0, 0.1) is 6.92 Å². The Balaban J connectivity index is 1.97. The number of nitrogens with two attached hydrogens (primary N) is 1. The molecule has 1 fully saturated rings. The van der Waals surface area contributed by atoms with Crippen LogP contribution in [0.15, 0.2) is 18.2 Å². The Hall–Kier alpha value is -1.55. The van der Waals surface area contributed by atoms with Crippen LogP contribution in [0.1, 0.15) is 63.5 Å². The zero-order valence-corrected chi connectivity index (χ0v) is 14.8. The van der Waals surface area contributed by atoms with Crippen LogP contribution < -0.4 is 15.8 Å². The van der Waals surface area contributed by atoms with Gasteiger partial charge in [-0.15, -0.1) is 0 Å². The molecule has 1 aliphatic carbocycles. The van der Waals surface area contributed by atoms with E-state index in [4.69, 9.17) is 10.5 Å². The third-order valence-corrected chi connectivity index (χ3v) is 4.58. The second-order valence-electron chi connectivity index (χ2n) is 7.08. The highest BCUT2D eigenvalue weighted by Crippen LogP contribution is 2.28. The van der Waals surface area contributed by atoms with E-state index in [1.165, 1.54) is 0 Å². The minimum atomic E-state index is -0.495. The van der Waals surface area contributed by atoms with E-state index >= 15 is 0 Å². The lowest BCUT2D eigenvalue weighted by Gasteiger charge is -2.28. The van der Waals surface area contributed by atoms with Crippen molar-refractivity contribution in [1.82, 2.24) is 5.32 Å². The van der Waals surface area contributed by atoms with Crippen molar-refractivity contribution in [3.05, 3.63) is 29.3 Å². The number of carbonyl (C=O) groups excluding carboxylic acids is 1. The second kappa shape index (κ2) is 7.82. The number of nitrogens with one attached hydrogen (secondary N) is 1. The Morgan fingerprint density at radius 2 is 1.87 bits per heavy atom. The molecule has 0 aromatic heterocycles. The molecule has 2 rings (SSSR count). The van der Waals surface area contributed by atoms with Gasteiger partial charge in [-0.2, -0.15) is 0 Å². The maximum Gasteiger partial charge on any atom is 0.260 e. The Morgan fingerprint density at radius 3 is 2.48 bits per heavy atom. The summed E-state index contributed by atoms with van der Waals surface area (Å²) in [5, 5.41) is 3.10. The molecular weight excluding hydrogens is 288 g/mol. The number of aryl methyl sites for hydroxylation is 1. The molecule has 1 unspecified atom stereocenters. The molecule has 1 saturated carbocycles. The Morgan fingerprint density at radius 1 is 1.22 bits per heavy atom. The van der Waals surface area contributed by atoms with Crippen molar-refractivity contribution in [1.29, 1.82) is 0 Å². The van der Waals surface area contributed by atoms with Gasteiger partial charge in [0.05, 0.1) is 0 Å². The third-order valence-electron chi connectivity index (χ3n) is 4.58. The summed E-state index contributed by atoms with van der Waals surface area (Å²) in [6.45, 7) is 8.12. The van der Waals surface area contributed by atoms with Crippen LogP contribution >= 0.6 is 0 Å². The highest BCUT2D eigenvalue weighted by atomic mass is 16.5. The minimum absolute atomic E-state index is 0.0401. The molecule has 0 heterocycles.